The number of nitrogen functional groups attached to an aromatic ring is 1. The molecular formula is C16H21N4O14P3. The van der Waals surface area contributed by atoms with Gasteiger partial charge in [-0.2, -0.15) is 8.62 Å². The number of rotatable bonds is 10. The van der Waals surface area contributed by atoms with Crippen molar-refractivity contribution in [2.75, 3.05) is 12.3 Å². The van der Waals surface area contributed by atoms with Gasteiger partial charge in [0.2, 0.25) is 0 Å². The minimum absolute atomic E-state index is 0.0857. The summed E-state index contributed by atoms with van der Waals surface area (Å²) in [5, 5.41) is 21.3. The zero-order valence-corrected chi connectivity index (χ0v) is 21.0. The van der Waals surface area contributed by atoms with Crippen molar-refractivity contribution in [2.45, 2.75) is 31.0 Å². The van der Waals surface area contributed by atoms with E-state index in [-0.39, 0.29) is 12.4 Å². The number of phosphoric ester groups is 1. The zero-order valence-electron chi connectivity index (χ0n) is 18.3. The lowest BCUT2D eigenvalue weighted by molar-refractivity contribution is -0.0256. The molecule has 1 aliphatic rings. The first-order chi connectivity index (χ1) is 17.2. The molecule has 0 aromatic carbocycles. The molecule has 3 aromatic heterocycles. The number of aliphatic hydroxyl groups excluding tert-OH is 2. The molecule has 0 bridgehead atoms. The Labute approximate surface area is 206 Å². The number of anilines is 1. The van der Waals surface area contributed by atoms with E-state index < -0.39 is 54.5 Å². The molecule has 1 aliphatic heterocycles. The molecule has 0 aliphatic carbocycles. The topological polar surface area (TPSA) is 279 Å². The number of fused-ring (bicyclic) bond motifs is 1. The minimum atomic E-state index is -5.72. The largest absolute Gasteiger partial charge is 0.490 e. The van der Waals surface area contributed by atoms with Crippen molar-refractivity contribution in [1.82, 2.24) is 14.5 Å². The molecule has 0 radical (unpaired) electrons. The number of ether oxygens (including phenoxy) is 1. The van der Waals surface area contributed by atoms with Crippen LogP contribution in [0.15, 0.2) is 35.3 Å². The number of nitrogens with zero attached hydrogens (tertiary/aromatic N) is 3. The Morgan fingerprint density at radius 2 is 1.73 bits per heavy atom. The Morgan fingerprint density at radius 3 is 2.38 bits per heavy atom. The number of furan rings is 1. The van der Waals surface area contributed by atoms with E-state index in [9.17, 15) is 33.7 Å². The summed E-state index contributed by atoms with van der Waals surface area (Å²) >= 11 is 0. The Kier molecular flexibility index (Phi) is 7.78. The summed E-state index contributed by atoms with van der Waals surface area (Å²) in [6.07, 6.45) is -1.36. The second kappa shape index (κ2) is 10.3. The van der Waals surface area contributed by atoms with Crippen LogP contribution in [0.5, 0.6) is 0 Å². The Hall–Kier alpha value is -2.01. The van der Waals surface area contributed by atoms with Crippen molar-refractivity contribution in [3.63, 3.8) is 0 Å². The molecule has 0 amide bonds. The third-order valence-electron chi connectivity index (χ3n) is 5.13. The molecule has 4 heterocycles. The summed E-state index contributed by atoms with van der Waals surface area (Å²) in [4.78, 5) is 44.1. The predicted octanol–water partition coefficient (Wildman–Crippen LogP) is 0.106. The maximum atomic E-state index is 11.9. The second-order valence-electron chi connectivity index (χ2n) is 7.71. The van der Waals surface area contributed by atoms with Gasteiger partial charge in [0.05, 0.1) is 24.8 Å². The predicted molar refractivity (Wildman–Crippen MR) is 120 cm³/mol. The van der Waals surface area contributed by atoms with Gasteiger partial charge in [-0.1, -0.05) is 0 Å². The van der Waals surface area contributed by atoms with Crippen LogP contribution in [0.1, 0.15) is 0 Å². The van der Waals surface area contributed by atoms with Crippen LogP contribution in [0.4, 0.5) is 5.82 Å². The third kappa shape index (κ3) is 6.53. The van der Waals surface area contributed by atoms with E-state index in [1.807, 2.05) is 0 Å². The van der Waals surface area contributed by atoms with Crippen molar-refractivity contribution in [3.05, 3.63) is 30.9 Å². The Balaban J connectivity index is 1.47. The second-order valence-corrected chi connectivity index (χ2v) is 12.1. The summed E-state index contributed by atoms with van der Waals surface area (Å²) in [6, 6.07) is 3.36. The van der Waals surface area contributed by atoms with E-state index >= 15 is 0 Å². The van der Waals surface area contributed by atoms with Crippen LogP contribution in [0.3, 0.4) is 0 Å². The van der Waals surface area contributed by atoms with Crippen molar-refractivity contribution < 1.29 is 65.8 Å². The normalized spacial score (nSPS) is 25.8. The molecular weight excluding hydrogens is 565 g/mol. The molecule has 21 heteroatoms. The van der Waals surface area contributed by atoms with Crippen molar-refractivity contribution in [3.8, 4) is 11.3 Å². The van der Waals surface area contributed by atoms with Crippen LogP contribution in [-0.4, -0.2) is 75.3 Å². The number of hydrogen-bond acceptors (Lipinski definition) is 13. The molecule has 3 unspecified atom stereocenters. The summed E-state index contributed by atoms with van der Waals surface area (Å²) in [6.45, 7) is -1.02. The van der Waals surface area contributed by atoms with E-state index in [0.29, 0.717) is 22.4 Å². The number of nitrogens with two attached hydrogens (primary N) is 1. The van der Waals surface area contributed by atoms with Crippen molar-refractivity contribution in [1.29, 1.82) is 0 Å². The van der Waals surface area contributed by atoms with E-state index in [1.165, 1.54) is 12.6 Å². The molecule has 8 N–H and O–H groups in total. The van der Waals surface area contributed by atoms with Gasteiger partial charge in [0.15, 0.2) is 0 Å². The first-order valence-electron chi connectivity index (χ1n) is 10.1. The smallest absolute Gasteiger partial charge is 0.464 e. The number of aliphatic hydroxyl groups is 2. The maximum absolute atomic E-state index is 11.9. The van der Waals surface area contributed by atoms with Crippen LogP contribution in [0.25, 0.3) is 22.4 Å². The summed E-state index contributed by atoms with van der Waals surface area (Å²) in [5.41, 5.74) is 6.93. The van der Waals surface area contributed by atoms with Gasteiger partial charge in [-0.15, -0.1) is 0 Å². The zero-order chi connectivity index (χ0) is 27.2. The molecule has 204 valence electrons. The Morgan fingerprint density at radius 1 is 1.03 bits per heavy atom. The molecule has 0 saturated carbocycles. The first kappa shape index (κ1) is 28.0. The lowest BCUT2D eigenvalue weighted by atomic mass is 10.1. The lowest BCUT2D eigenvalue weighted by Crippen LogP contribution is -2.35. The van der Waals surface area contributed by atoms with Gasteiger partial charge in [-0.05, 0) is 12.1 Å². The highest BCUT2D eigenvalue weighted by atomic mass is 31.3. The van der Waals surface area contributed by atoms with Gasteiger partial charge in [-0.25, -0.2) is 23.7 Å². The van der Waals surface area contributed by atoms with Crippen LogP contribution in [0.2, 0.25) is 0 Å². The molecule has 18 nitrogen and oxygen atoms in total. The van der Waals surface area contributed by atoms with Gasteiger partial charge < -0.3 is 49.2 Å². The van der Waals surface area contributed by atoms with Crippen molar-refractivity contribution >= 4 is 40.3 Å². The molecule has 1 fully saturated rings. The standard InChI is InChI=1S/C16H21N4O14P3/c17-15-12-8(9-2-1-3-30-9)4-20(16(12)19-7-18-15)5-10-13(21)14(22)11(32-10)6-31-36(26,27)34-37(28,29)33-35(23,24)25/h1-4,7,10-11,13-14,21-22H,5-6H2,(H,26,27)(H,28,29)(H2,17,18,19)(H2,23,24,25)/t10-,11+,13+,14?/m0/s1. The average Bonchev–Trinajstić information content (AvgIpc) is 3.46. The van der Waals surface area contributed by atoms with E-state index in [4.69, 9.17) is 24.7 Å². The van der Waals surface area contributed by atoms with Crippen LogP contribution < -0.4 is 5.73 Å². The van der Waals surface area contributed by atoms with Gasteiger partial charge in [0.1, 0.15) is 48.0 Å². The third-order valence-corrected chi connectivity index (χ3v) is 8.93. The number of aromatic nitrogens is 3. The van der Waals surface area contributed by atoms with Gasteiger partial charge >= 0.3 is 23.5 Å². The fourth-order valence-electron chi connectivity index (χ4n) is 3.68. The molecule has 0 spiro atoms. The quantitative estimate of drug-likeness (QED) is 0.155. The summed E-state index contributed by atoms with van der Waals surface area (Å²) in [5.74, 6) is 0.629. The average molecular weight is 586 g/mol. The van der Waals surface area contributed by atoms with Crippen molar-refractivity contribution in [2.24, 2.45) is 0 Å². The first-order valence-corrected chi connectivity index (χ1v) is 14.6. The molecule has 37 heavy (non-hydrogen) atoms. The minimum Gasteiger partial charge on any atom is -0.464 e. The number of hydrogen-bond donors (Lipinski definition) is 7. The lowest BCUT2D eigenvalue weighted by Gasteiger charge is -2.19. The van der Waals surface area contributed by atoms with E-state index in [2.05, 4.69) is 23.1 Å². The van der Waals surface area contributed by atoms with Gasteiger partial charge in [-0.3, -0.25) is 4.52 Å². The SMILES string of the molecule is Nc1ncnc2c1c(-c1ccco1)cn2C[C@@H]1O[C@H](COP(=O)(O)OP(=O)(O)OP(=O)(O)O)C(O)[C@@H]1O. The maximum Gasteiger partial charge on any atom is 0.490 e. The van der Waals surface area contributed by atoms with Crippen LogP contribution >= 0.6 is 23.5 Å². The summed E-state index contributed by atoms with van der Waals surface area (Å²) in [7, 11) is -16.7. The highest BCUT2D eigenvalue weighted by Crippen LogP contribution is 2.66. The van der Waals surface area contributed by atoms with Gasteiger partial charge in [0, 0.05) is 11.8 Å². The fraction of sp³-hybridized carbons (Fsp3) is 0.375. The molecule has 3 aromatic rings. The molecule has 6 atom stereocenters. The Bertz CT molecular complexity index is 1410. The van der Waals surface area contributed by atoms with Crippen LogP contribution in [0, 0.1) is 0 Å². The van der Waals surface area contributed by atoms with Crippen LogP contribution in [-0.2, 0) is 38.1 Å². The van der Waals surface area contributed by atoms with Gasteiger partial charge in [0.25, 0.3) is 0 Å². The van der Waals surface area contributed by atoms with E-state index in [0.717, 1.165) is 0 Å². The highest BCUT2D eigenvalue weighted by molar-refractivity contribution is 7.66. The highest BCUT2D eigenvalue weighted by Gasteiger charge is 2.46. The monoisotopic (exact) mass is 586 g/mol. The number of phosphoric acid groups is 3. The molecule has 4 rings (SSSR count). The molecule has 1 saturated heterocycles. The van der Waals surface area contributed by atoms with E-state index in [1.54, 1.807) is 22.9 Å². The fourth-order valence-corrected chi connectivity index (χ4v) is 6.71. The summed E-state index contributed by atoms with van der Waals surface area (Å²) < 4.78 is 58.4.